The third kappa shape index (κ3) is 1.93. The summed E-state index contributed by atoms with van der Waals surface area (Å²) in [4.78, 5) is 0. The predicted octanol–water partition coefficient (Wildman–Crippen LogP) is 1.65. The summed E-state index contributed by atoms with van der Waals surface area (Å²) in [6.07, 6.45) is 1.77. The van der Waals surface area contributed by atoms with E-state index in [4.69, 9.17) is 0 Å². The van der Waals surface area contributed by atoms with Crippen molar-refractivity contribution in [1.82, 2.24) is 19.4 Å². The largest absolute Gasteiger partial charge is 0.376 e. The quantitative estimate of drug-likeness (QED) is 0.924. The third-order valence-electron chi connectivity index (χ3n) is 1.73. The average molecular weight is 274 g/mol. The minimum Gasteiger partial charge on any atom is -0.376 e. The molecule has 0 bridgehead atoms. The molecule has 14 heavy (non-hydrogen) atoms. The van der Waals surface area contributed by atoms with Gasteiger partial charge in [-0.25, -0.2) is 0 Å². The number of anilines is 1. The summed E-state index contributed by atoms with van der Waals surface area (Å²) in [5.74, 6) is 0. The fraction of sp³-hybridized carbons (Fsp3) is 0.286. The van der Waals surface area contributed by atoms with E-state index in [1.54, 1.807) is 10.9 Å². The minimum atomic E-state index is 0.667. The number of hydrogen-bond donors (Lipinski definition) is 1. The van der Waals surface area contributed by atoms with Crippen molar-refractivity contribution in [2.75, 3.05) is 5.32 Å². The average Bonchev–Trinajstić information content (AvgIpc) is 2.77. The van der Waals surface area contributed by atoms with Gasteiger partial charge in [-0.05, 0) is 27.5 Å². The Kier molecular flexibility index (Phi) is 2.78. The number of nitrogens with one attached hydrogen (secondary N) is 1. The first-order chi connectivity index (χ1) is 6.77. The Morgan fingerprint density at radius 1 is 1.64 bits per heavy atom. The van der Waals surface area contributed by atoms with Gasteiger partial charge in [-0.1, -0.05) is 4.49 Å². The lowest BCUT2D eigenvalue weighted by Gasteiger charge is -2.00. The monoisotopic (exact) mass is 273 g/mol. The number of hydrogen-bond acceptors (Lipinski definition) is 5. The molecule has 0 aliphatic heterocycles. The van der Waals surface area contributed by atoms with Crippen LogP contribution in [-0.2, 0) is 13.6 Å². The van der Waals surface area contributed by atoms with Crippen molar-refractivity contribution in [2.24, 2.45) is 7.05 Å². The lowest BCUT2D eigenvalue weighted by molar-refractivity contribution is 0.750. The fourth-order valence-corrected chi connectivity index (χ4v) is 1.77. The summed E-state index contributed by atoms with van der Waals surface area (Å²) < 4.78 is 6.46. The van der Waals surface area contributed by atoms with E-state index in [0.717, 1.165) is 16.0 Å². The van der Waals surface area contributed by atoms with Gasteiger partial charge in [0.2, 0.25) is 0 Å². The number of aryl methyl sites for hydroxylation is 1. The van der Waals surface area contributed by atoms with Crippen LogP contribution in [-0.4, -0.2) is 19.4 Å². The van der Waals surface area contributed by atoms with Gasteiger partial charge in [0.25, 0.3) is 0 Å². The van der Waals surface area contributed by atoms with Gasteiger partial charge in [-0.2, -0.15) is 5.10 Å². The topological polar surface area (TPSA) is 55.6 Å². The molecule has 0 aliphatic carbocycles. The van der Waals surface area contributed by atoms with Crippen molar-refractivity contribution in [2.45, 2.75) is 6.54 Å². The van der Waals surface area contributed by atoms with E-state index in [1.807, 2.05) is 12.4 Å². The molecule has 0 aliphatic rings. The van der Waals surface area contributed by atoms with Gasteiger partial charge in [0, 0.05) is 12.4 Å². The van der Waals surface area contributed by atoms with Crippen LogP contribution in [0.2, 0.25) is 0 Å². The van der Waals surface area contributed by atoms with E-state index in [9.17, 15) is 0 Å². The molecule has 0 atom stereocenters. The molecule has 0 aromatic carbocycles. The second-order valence-corrected chi connectivity index (χ2v) is 4.08. The Balaban J connectivity index is 2.02. The highest BCUT2D eigenvalue weighted by molar-refractivity contribution is 9.10. The molecule has 0 unspecified atom stereocenters. The molecular weight excluding hydrogens is 266 g/mol. The van der Waals surface area contributed by atoms with Crippen LogP contribution in [0.25, 0.3) is 0 Å². The predicted molar refractivity (Wildman–Crippen MR) is 58.1 cm³/mol. The van der Waals surface area contributed by atoms with Gasteiger partial charge < -0.3 is 5.32 Å². The van der Waals surface area contributed by atoms with Crippen molar-refractivity contribution in [3.63, 3.8) is 0 Å². The van der Waals surface area contributed by atoms with E-state index in [-0.39, 0.29) is 0 Å². The molecule has 2 aromatic rings. The third-order valence-corrected chi connectivity index (χ3v) is 3.23. The van der Waals surface area contributed by atoms with Crippen molar-refractivity contribution in [3.05, 3.63) is 21.9 Å². The molecule has 2 rings (SSSR count). The van der Waals surface area contributed by atoms with Gasteiger partial charge in [-0.15, -0.1) is 5.10 Å². The Morgan fingerprint density at radius 3 is 3.07 bits per heavy atom. The van der Waals surface area contributed by atoms with E-state index in [0.29, 0.717) is 6.54 Å². The summed E-state index contributed by atoms with van der Waals surface area (Å²) in [5.41, 5.74) is 1.89. The highest BCUT2D eigenvalue weighted by Crippen LogP contribution is 2.20. The number of halogens is 1. The van der Waals surface area contributed by atoms with Gasteiger partial charge in [0.15, 0.2) is 0 Å². The molecule has 2 aromatic heterocycles. The van der Waals surface area contributed by atoms with Crippen LogP contribution in [0, 0.1) is 0 Å². The summed E-state index contributed by atoms with van der Waals surface area (Å²) in [5, 5.41) is 13.1. The van der Waals surface area contributed by atoms with Crippen LogP contribution >= 0.6 is 27.5 Å². The van der Waals surface area contributed by atoms with Crippen molar-refractivity contribution < 1.29 is 0 Å². The Morgan fingerprint density at radius 2 is 2.50 bits per heavy atom. The van der Waals surface area contributed by atoms with E-state index in [2.05, 4.69) is 35.9 Å². The van der Waals surface area contributed by atoms with Crippen LogP contribution in [0.4, 0.5) is 5.69 Å². The maximum absolute atomic E-state index is 4.09. The lowest BCUT2D eigenvalue weighted by Crippen LogP contribution is -1.99. The zero-order valence-electron chi connectivity index (χ0n) is 7.44. The van der Waals surface area contributed by atoms with Crippen LogP contribution < -0.4 is 5.32 Å². The molecule has 0 spiro atoms. The Labute approximate surface area is 93.4 Å². The van der Waals surface area contributed by atoms with Gasteiger partial charge in [-0.3, -0.25) is 4.68 Å². The first kappa shape index (κ1) is 9.60. The summed E-state index contributed by atoms with van der Waals surface area (Å²) in [6, 6.07) is 0. The number of aromatic nitrogens is 4. The maximum atomic E-state index is 4.09. The molecule has 74 valence electrons. The second-order valence-electron chi connectivity index (χ2n) is 2.72. The number of nitrogens with zero attached hydrogens (tertiary/aromatic N) is 4. The zero-order valence-corrected chi connectivity index (χ0v) is 9.84. The maximum Gasteiger partial charge on any atom is 0.126 e. The van der Waals surface area contributed by atoms with E-state index >= 15 is 0 Å². The molecule has 2 heterocycles. The smallest absolute Gasteiger partial charge is 0.126 e. The molecule has 0 radical (unpaired) electrons. The van der Waals surface area contributed by atoms with Crippen LogP contribution in [0.5, 0.6) is 0 Å². The molecule has 5 nitrogen and oxygen atoms in total. The van der Waals surface area contributed by atoms with Gasteiger partial charge in [0.1, 0.15) is 4.60 Å². The minimum absolute atomic E-state index is 0.667. The Hall–Kier alpha value is -0.950. The van der Waals surface area contributed by atoms with Crippen molar-refractivity contribution in [1.29, 1.82) is 0 Å². The lowest BCUT2D eigenvalue weighted by atomic mass is 10.4. The van der Waals surface area contributed by atoms with Gasteiger partial charge >= 0.3 is 0 Å². The molecule has 7 heteroatoms. The highest BCUT2D eigenvalue weighted by Gasteiger charge is 2.04. The fourth-order valence-electron chi connectivity index (χ4n) is 0.988. The first-order valence-corrected chi connectivity index (χ1v) is 5.57. The van der Waals surface area contributed by atoms with E-state index < -0.39 is 0 Å². The molecule has 0 saturated heterocycles. The Bertz CT molecular complexity index is 410. The molecule has 0 amide bonds. The summed E-state index contributed by atoms with van der Waals surface area (Å²) in [7, 11) is 1.87. The molecule has 1 N–H and O–H groups in total. The normalized spacial score (nSPS) is 10.4. The number of rotatable bonds is 3. The van der Waals surface area contributed by atoms with Crippen LogP contribution in [0.3, 0.4) is 0 Å². The van der Waals surface area contributed by atoms with E-state index in [1.165, 1.54) is 11.5 Å². The second kappa shape index (κ2) is 4.05. The molecule has 0 fully saturated rings. The van der Waals surface area contributed by atoms with Crippen molar-refractivity contribution in [3.8, 4) is 0 Å². The van der Waals surface area contributed by atoms with Gasteiger partial charge in [0.05, 0.1) is 24.1 Å². The van der Waals surface area contributed by atoms with Crippen LogP contribution in [0.1, 0.15) is 5.69 Å². The zero-order chi connectivity index (χ0) is 9.97. The van der Waals surface area contributed by atoms with Crippen LogP contribution in [0.15, 0.2) is 16.2 Å². The summed E-state index contributed by atoms with van der Waals surface area (Å²) in [6.45, 7) is 0.667. The SMILES string of the molecule is Cn1ncc(NCc2csnn2)c1Br. The highest BCUT2D eigenvalue weighted by atomic mass is 79.9. The standard InChI is InChI=1S/C7H8BrN5S/c1-13-7(8)6(3-10-13)9-2-5-4-14-12-11-5/h3-4,9H,2H2,1H3. The van der Waals surface area contributed by atoms with Crippen molar-refractivity contribution >= 4 is 33.1 Å². The summed E-state index contributed by atoms with van der Waals surface area (Å²) >= 11 is 4.77. The first-order valence-electron chi connectivity index (χ1n) is 3.94. The molecular formula is C7H8BrN5S. The molecule has 0 saturated carbocycles.